The fraction of sp³-hybridized carbons (Fsp3) is 0.267. The number of hydrogen-bond acceptors (Lipinski definition) is 3. The number of benzene rings is 1. The van der Waals surface area contributed by atoms with Crippen LogP contribution in [0.15, 0.2) is 42.5 Å². The summed E-state index contributed by atoms with van der Waals surface area (Å²) in [6.45, 7) is 4.48. The van der Waals surface area contributed by atoms with E-state index >= 15 is 0 Å². The van der Waals surface area contributed by atoms with Gasteiger partial charge in [-0.05, 0) is 38.1 Å². The van der Waals surface area contributed by atoms with Gasteiger partial charge in [-0.2, -0.15) is 4.39 Å². The molecule has 2 aromatic rings. The van der Waals surface area contributed by atoms with Crippen molar-refractivity contribution in [1.82, 2.24) is 4.98 Å². The Kier molecular flexibility index (Phi) is 4.34. The van der Waals surface area contributed by atoms with Crippen molar-refractivity contribution in [2.24, 2.45) is 0 Å². The number of halogens is 1. The van der Waals surface area contributed by atoms with E-state index in [1.54, 1.807) is 12.1 Å². The molecule has 100 valence electrons. The summed E-state index contributed by atoms with van der Waals surface area (Å²) in [5.41, 5.74) is 1.20. The molecule has 0 amide bonds. The van der Waals surface area contributed by atoms with Gasteiger partial charge in [0.05, 0.1) is 6.04 Å². The molecule has 0 spiro atoms. The number of pyridine rings is 1. The number of aryl methyl sites for hydroxylation is 1. The summed E-state index contributed by atoms with van der Waals surface area (Å²) in [5, 5.41) is 3.09. The average Bonchev–Trinajstić information content (AvgIpc) is 2.38. The molecule has 4 heteroatoms. The van der Waals surface area contributed by atoms with Gasteiger partial charge in [0.25, 0.3) is 0 Å². The second kappa shape index (κ2) is 6.18. The number of rotatable bonds is 5. The van der Waals surface area contributed by atoms with Gasteiger partial charge in [0.15, 0.2) is 0 Å². The van der Waals surface area contributed by atoms with Gasteiger partial charge >= 0.3 is 0 Å². The quantitative estimate of drug-likeness (QED) is 0.836. The Morgan fingerprint density at radius 1 is 1.21 bits per heavy atom. The Bertz CT molecular complexity index is 528. The molecular formula is C15H17FN2O. The number of hydrogen-bond donors (Lipinski definition) is 1. The molecule has 0 fully saturated rings. The van der Waals surface area contributed by atoms with Gasteiger partial charge < -0.3 is 10.1 Å². The van der Waals surface area contributed by atoms with Gasteiger partial charge in [0, 0.05) is 0 Å². The normalized spacial score (nSPS) is 11.9. The van der Waals surface area contributed by atoms with E-state index in [9.17, 15) is 4.39 Å². The zero-order valence-electron chi connectivity index (χ0n) is 11.1. The van der Waals surface area contributed by atoms with E-state index in [0.717, 1.165) is 5.75 Å². The molecule has 0 saturated carbocycles. The summed E-state index contributed by atoms with van der Waals surface area (Å²) in [6.07, 6.45) is 0. The van der Waals surface area contributed by atoms with Crippen LogP contribution in [0.1, 0.15) is 12.5 Å². The first-order chi connectivity index (χ1) is 9.13. The largest absolute Gasteiger partial charge is 0.491 e. The maximum Gasteiger partial charge on any atom is 0.214 e. The summed E-state index contributed by atoms with van der Waals surface area (Å²) in [7, 11) is 0. The second-order valence-electron chi connectivity index (χ2n) is 4.51. The number of nitrogens with one attached hydrogen (secondary N) is 1. The molecule has 3 nitrogen and oxygen atoms in total. The van der Waals surface area contributed by atoms with Crippen molar-refractivity contribution in [3.05, 3.63) is 54.0 Å². The van der Waals surface area contributed by atoms with Gasteiger partial charge in [-0.15, -0.1) is 0 Å². The predicted octanol–water partition coefficient (Wildman–Crippen LogP) is 3.41. The van der Waals surface area contributed by atoms with Gasteiger partial charge in [-0.3, -0.25) is 0 Å². The van der Waals surface area contributed by atoms with E-state index in [1.807, 2.05) is 38.1 Å². The van der Waals surface area contributed by atoms with Crippen molar-refractivity contribution in [2.45, 2.75) is 19.9 Å². The first-order valence-electron chi connectivity index (χ1n) is 6.22. The van der Waals surface area contributed by atoms with E-state index in [2.05, 4.69) is 10.3 Å². The minimum atomic E-state index is -0.489. The van der Waals surface area contributed by atoms with Gasteiger partial charge in [0.1, 0.15) is 18.2 Å². The van der Waals surface area contributed by atoms with Crippen LogP contribution in [0.5, 0.6) is 5.75 Å². The number of anilines is 1. The van der Waals surface area contributed by atoms with Crippen LogP contribution in [0.2, 0.25) is 0 Å². The molecule has 0 aliphatic heterocycles. The molecular weight excluding hydrogens is 243 g/mol. The standard InChI is InChI=1S/C15H17FN2O/c1-11-6-8-13(9-7-11)19-10-12(2)17-15-5-3-4-14(16)18-15/h3-9,12H,10H2,1-2H3,(H,17,18). The Labute approximate surface area is 112 Å². The van der Waals surface area contributed by atoms with Crippen LogP contribution in [-0.4, -0.2) is 17.6 Å². The summed E-state index contributed by atoms with van der Waals surface area (Å²) >= 11 is 0. The van der Waals surface area contributed by atoms with E-state index in [1.165, 1.54) is 11.6 Å². The molecule has 1 atom stereocenters. The summed E-state index contributed by atoms with van der Waals surface area (Å²) in [4.78, 5) is 3.75. The highest BCUT2D eigenvalue weighted by Crippen LogP contribution is 2.12. The molecule has 1 aromatic carbocycles. The van der Waals surface area contributed by atoms with E-state index in [0.29, 0.717) is 12.4 Å². The van der Waals surface area contributed by atoms with Crippen LogP contribution < -0.4 is 10.1 Å². The monoisotopic (exact) mass is 260 g/mol. The topological polar surface area (TPSA) is 34.1 Å². The number of aromatic nitrogens is 1. The lowest BCUT2D eigenvalue weighted by molar-refractivity contribution is 0.303. The van der Waals surface area contributed by atoms with Gasteiger partial charge in [-0.1, -0.05) is 23.8 Å². The molecule has 1 aromatic heterocycles. The zero-order chi connectivity index (χ0) is 13.7. The molecule has 1 unspecified atom stereocenters. The van der Waals surface area contributed by atoms with Crippen LogP contribution in [0.4, 0.5) is 10.2 Å². The zero-order valence-corrected chi connectivity index (χ0v) is 11.1. The Morgan fingerprint density at radius 2 is 1.95 bits per heavy atom. The number of nitrogens with zero attached hydrogens (tertiary/aromatic N) is 1. The summed E-state index contributed by atoms with van der Waals surface area (Å²) < 4.78 is 18.6. The van der Waals surface area contributed by atoms with Gasteiger partial charge in [-0.25, -0.2) is 4.98 Å². The van der Waals surface area contributed by atoms with E-state index in [4.69, 9.17) is 4.74 Å². The van der Waals surface area contributed by atoms with Crippen molar-refractivity contribution < 1.29 is 9.13 Å². The third-order valence-electron chi connectivity index (χ3n) is 2.63. The molecule has 1 N–H and O–H groups in total. The highest BCUT2D eigenvalue weighted by atomic mass is 19.1. The molecule has 0 bridgehead atoms. The predicted molar refractivity (Wildman–Crippen MR) is 74.0 cm³/mol. The Hall–Kier alpha value is -2.10. The minimum absolute atomic E-state index is 0.0376. The Balaban J connectivity index is 1.84. The van der Waals surface area contributed by atoms with Crippen molar-refractivity contribution in [3.63, 3.8) is 0 Å². The van der Waals surface area contributed by atoms with Crippen molar-refractivity contribution in [2.75, 3.05) is 11.9 Å². The highest BCUT2D eigenvalue weighted by Gasteiger charge is 2.04. The molecule has 19 heavy (non-hydrogen) atoms. The maximum atomic E-state index is 12.9. The fourth-order valence-corrected chi connectivity index (χ4v) is 1.64. The van der Waals surface area contributed by atoms with Crippen LogP contribution in [0, 0.1) is 12.9 Å². The van der Waals surface area contributed by atoms with Crippen molar-refractivity contribution >= 4 is 5.82 Å². The highest BCUT2D eigenvalue weighted by molar-refractivity contribution is 5.34. The van der Waals surface area contributed by atoms with E-state index in [-0.39, 0.29) is 6.04 Å². The lowest BCUT2D eigenvalue weighted by atomic mass is 10.2. The van der Waals surface area contributed by atoms with Crippen LogP contribution in [-0.2, 0) is 0 Å². The fourth-order valence-electron chi connectivity index (χ4n) is 1.64. The number of ether oxygens (including phenoxy) is 1. The molecule has 2 rings (SSSR count). The second-order valence-corrected chi connectivity index (χ2v) is 4.51. The third-order valence-corrected chi connectivity index (χ3v) is 2.63. The first-order valence-corrected chi connectivity index (χ1v) is 6.22. The summed E-state index contributed by atoms with van der Waals surface area (Å²) in [5.74, 6) is 0.850. The molecule has 0 aliphatic carbocycles. The average molecular weight is 260 g/mol. The molecule has 0 saturated heterocycles. The van der Waals surface area contributed by atoms with Crippen LogP contribution >= 0.6 is 0 Å². The molecule has 0 aliphatic rings. The molecule has 0 radical (unpaired) electrons. The molecule has 1 heterocycles. The minimum Gasteiger partial charge on any atom is -0.491 e. The maximum absolute atomic E-state index is 12.9. The lowest BCUT2D eigenvalue weighted by Gasteiger charge is -2.15. The summed E-state index contributed by atoms with van der Waals surface area (Å²) in [6, 6.07) is 12.6. The SMILES string of the molecule is Cc1ccc(OCC(C)Nc2cccc(F)n2)cc1. The third kappa shape index (κ3) is 4.25. The smallest absolute Gasteiger partial charge is 0.214 e. The van der Waals surface area contributed by atoms with E-state index < -0.39 is 5.95 Å². The van der Waals surface area contributed by atoms with Crippen molar-refractivity contribution in [3.8, 4) is 5.75 Å². The first kappa shape index (κ1) is 13.3. The van der Waals surface area contributed by atoms with Crippen molar-refractivity contribution in [1.29, 1.82) is 0 Å². The van der Waals surface area contributed by atoms with Crippen LogP contribution in [0.25, 0.3) is 0 Å². The Morgan fingerprint density at radius 3 is 2.63 bits per heavy atom. The van der Waals surface area contributed by atoms with Crippen LogP contribution in [0.3, 0.4) is 0 Å². The lowest BCUT2D eigenvalue weighted by Crippen LogP contribution is -2.24. The van der Waals surface area contributed by atoms with Gasteiger partial charge in [0.2, 0.25) is 5.95 Å².